The molecule has 138 valence electrons. The van der Waals surface area contributed by atoms with Gasteiger partial charge in [-0.15, -0.1) is 0 Å². The fraction of sp³-hybridized carbons (Fsp3) is 0.450. The number of aryl methyl sites for hydroxylation is 1. The standard InChI is InChI=1S/C20H24N2O3S/c1-15-6-8-18(9-7-15)26(24,25)22-13-16-4-2-10-20(23,19(16)14-22)17-5-3-11-21-12-17/h3,5-9,11-12,16,19,23H,2,4,10,13-14H2,1H3/t16-,19-,20-/m0/s1. The van der Waals surface area contributed by atoms with Gasteiger partial charge in [0.05, 0.1) is 10.5 Å². The highest BCUT2D eigenvalue weighted by Crippen LogP contribution is 2.48. The number of benzene rings is 1. The van der Waals surface area contributed by atoms with Crippen LogP contribution in [-0.4, -0.2) is 35.9 Å². The van der Waals surface area contributed by atoms with Crippen LogP contribution in [0.3, 0.4) is 0 Å². The van der Waals surface area contributed by atoms with E-state index in [0.29, 0.717) is 24.4 Å². The van der Waals surface area contributed by atoms with E-state index in [4.69, 9.17) is 0 Å². The molecule has 0 amide bonds. The van der Waals surface area contributed by atoms with Crippen molar-refractivity contribution in [3.05, 3.63) is 59.9 Å². The Morgan fingerprint density at radius 1 is 1.19 bits per heavy atom. The van der Waals surface area contributed by atoms with Crippen LogP contribution in [-0.2, 0) is 15.6 Å². The van der Waals surface area contributed by atoms with Gasteiger partial charge in [-0.3, -0.25) is 4.98 Å². The van der Waals surface area contributed by atoms with Gasteiger partial charge in [0.15, 0.2) is 0 Å². The first-order valence-electron chi connectivity index (χ1n) is 9.11. The number of sulfonamides is 1. The van der Waals surface area contributed by atoms with E-state index in [-0.39, 0.29) is 11.8 Å². The zero-order chi connectivity index (χ0) is 18.4. The predicted molar refractivity (Wildman–Crippen MR) is 98.9 cm³/mol. The summed E-state index contributed by atoms with van der Waals surface area (Å²) >= 11 is 0. The molecule has 0 radical (unpaired) electrons. The van der Waals surface area contributed by atoms with Crippen molar-refractivity contribution in [2.24, 2.45) is 11.8 Å². The first kappa shape index (κ1) is 17.6. The molecule has 1 saturated carbocycles. The van der Waals surface area contributed by atoms with Crippen LogP contribution in [0, 0.1) is 18.8 Å². The fourth-order valence-electron chi connectivity index (χ4n) is 4.52. The Kier molecular flexibility index (Phi) is 4.37. The number of aromatic nitrogens is 1. The maximum Gasteiger partial charge on any atom is 0.243 e. The van der Waals surface area contributed by atoms with Crippen molar-refractivity contribution in [2.75, 3.05) is 13.1 Å². The first-order valence-corrected chi connectivity index (χ1v) is 10.5. The van der Waals surface area contributed by atoms with Gasteiger partial charge in [-0.05, 0) is 50.3 Å². The van der Waals surface area contributed by atoms with Crippen LogP contribution in [0.25, 0.3) is 0 Å². The normalized spacial score (nSPS) is 29.5. The lowest BCUT2D eigenvalue weighted by atomic mass is 9.68. The van der Waals surface area contributed by atoms with Crippen molar-refractivity contribution < 1.29 is 13.5 Å². The van der Waals surface area contributed by atoms with Gasteiger partial charge < -0.3 is 5.11 Å². The number of pyridine rings is 1. The summed E-state index contributed by atoms with van der Waals surface area (Å²) in [4.78, 5) is 4.48. The van der Waals surface area contributed by atoms with Crippen molar-refractivity contribution in [1.29, 1.82) is 0 Å². The van der Waals surface area contributed by atoms with E-state index in [2.05, 4.69) is 4.98 Å². The molecule has 1 aromatic carbocycles. The molecule has 5 nitrogen and oxygen atoms in total. The Morgan fingerprint density at radius 2 is 1.96 bits per heavy atom. The maximum atomic E-state index is 13.1. The summed E-state index contributed by atoms with van der Waals surface area (Å²) in [5.74, 6) is 0.0786. The monoisotopic (exact) mass is 372 g/mol. The van der Waals surface area contributed by atoms with E-state index < -0.39 is 15.6 Å². The molecule has 1 aromatic heterocycles. The highest BCUT2D eigenvalue weighted by molar-refractivity contribution is 7.89. The van der Waals surface area contributed by atoms with Gasteiger partial charge in [-0.2, -0.15) is 4.31 Å². The maximum absolute atomic E-state index is 13.1. The van der Waals surface area contributed by atoms with Crippen LogP contribution in [0.4, 0.5) is 0 Å². The lowest BCUT2D eigenvalue weighted by molar-refractivity contribution is -0.0643. The average molecular weight is 372 g/mol. The lowest BCUT2D eigenvalue weighted by Crippen LogP contribution is -2.43. The number of hydrogen-bond acceptors (Lipinski definition) is 4. The van der Waals surface area contributed by atoms with Gasteiger partial charge in [0, 0.05) is 37.0 Å². The second-order valence-corrected chi connectivity index (χ2v) is 9.50. The third-order valence-corrected chi connectivity index (χ3v) is 7.82. The molecule has 2 aromatic rings. The zero-order valence-electron chi connectivity index (χ0n) is 14.9. The van der Waals surface area contributed by atoms with Crippen LogP contribution in [0.15, 0.2) is 53.7 Å². The molecule has 0 unspecified atom stereocenters. The van der Waals surface area contributed by atoms with Crippen molar-refractivity contribution in [3.63, 3.8) is 0 Å². The second-order valence-electron chi connectivity index (χ2n) is 7.56. The van der Waals surface area contributed by atoms with Gasteiger partial charge in [0.2, 0.25) is 10.0 Å². The largest absolute Gasteiger partial charge is 0.385 e. The molecular formula is C20H24N2O3S. The molecule has 0 bridgehead atoms. The van der Waals surface area contributed by atoms with E-state index in [9.17, 15) is 13.5 Å². The van der Waals surface area contributed by atoms with Crippen molar-refractivity contribution in [1.82, 2.24) is 9.29 Å². The number of rotatable bonds is 3. The summed E-state index contributed by atoms with van der Waals surface area (Å²) in [5.41, 5.74) is 0.823. The molecule has 1 N–H and O–H groups in total. The Balaban J connectivity index is 1.65. The molecule has 1 saturated heterocycles. The van der Waals surface area contributed by atoms with Crippen molar-refractivity contribution in [3.8, 4) is 0 Å². The molecule has 1 aliphatic carbocycles. The number of aliphatic hydroxyl groups is 1. The minimum absolute atomic E-state index is 0.0966. The quantitative estimate of drug-likeness (QED) is 0.899. The zero-order valence-corrected chi connectivity index (χ0v) is 15.7. The summed E-state index contributed by atoms with van der Waals surface area (Å²) < 4.78 is 27.7. The molecule has 3 atom stereocenters. The number of fused-ring (bicyclic) bond motifs is 1. The molecule has 2 aliphatic rings. The molecule has 6 heteroatoms. The Bertz CT molecular complexity index is 883. The highest BCUT2D eigenvalue weighted by Gasteiger charge is 2.52. The summed E-state index contributed by atoms with van der Waals surface area (Å²) in [6, 6.07) is 10.7. The summed E-state index contributed by atoms with van der Waals surface area (Å²) in [6.45, 7) is 2.77. The first-order chi connectivity index (χ1) is 12.4. The summed E-state index contributed by atoms with van der Waals surface area (Å²) in [6.07, 6.45) is 5.89. The summed E-state index contributed by atoms with van der Waals surface area (Å²) in [7, 11) is -3.54. The van der Waals surface area contributed by atoms with Crippen molar-refractivity contribution >= 4 is 10.0 Å². The highest BCUT2D eigenvalue weighted by atomic mass is 32.2. The molecular weight excluding hydrogens is 348 g/mol. The van der Waals surface area contributed by atoms with E-state index >= 15 is 0 Å². The number of nitrogens with zero attached hydrogens (tertiary/aromatic N) is 2. The third-order valence-electron chi connectivity index (χ3n) is 5.97. The van der Waals surface area contributed by atoms with E-state index in [1.807, 2.05) is 31.2 Å². The minimum atomic E-state index is -3.54. The van der Waals surface area contributed by atoms with Crippen LogP contribution in [0.1, 0.15) is 30.4 Å². The number of hydrogen-bond donors (Lipinski definition) is 1. The smallest absolute Gasteiger partial charge is 0.243 e. The third kappa shape index (κ3) is 2.86. The van der Waals surface area contributed by atoms with Gasteiger partial charge in [-0.25, -0.2) is 8.42 Å². The van der Waals surface area contributed by atoms with Crippen LogP contribution >= 0.6 is 0 Å². The molecule has 0 spiro atoms. The average Bonchev–Trinajstić information content (AvgIpc) is 3.10. The summed E-state index contributed by atoms with van der Waals surface area (Å²) in [5, 5.41) is 11.4. The van der Waals surface area contributed by atoms with Crippen LogP contribution in [0.2, 0.25) is 0 Å². The van der Waals surface area contributed by atoms with Crippen molar-refractivity contribution in [2.45, 2.75) is 36.7 Å². The van der Waals surface area contributed by atoms with E-state index in [1.165, 1.54) is 0 Å². The van der Waals surface area contributed by atoms with E-state index in [0.717, 1.165) is 24.0 Å². The topological polar surface area (TPSA) is 70.5 Å². The SMILES string of the molecule is Cc1ccc(S(=O)(=O)N2C[C@@H]3CCC[C@](O)(c4cccnc4)[C@H]3C2)cc1. The second kappa shape index (κ2) is 6.44. The Morgan fingerprint density at radius 3 is 2.65 bits per heavy atom. The molecule has 26 heavy (non-hydrogen) atoms. The Labute approximate surface area is 154 Å². The molecule has 2 heterocycles. The van der Waals surface area contributed by atoms with Gasteiger partial charge in [0.1, 0.15) is 0 Å². The Hall–Kier alpha value is -1.76. The van der Waals surface area contributed by atoms with Gasteiger partial charge in [-0.1, -0.05) is 23.8 Å². The van der Waals surface area contributed by atoms with Gasteiger partial charge >= 0.3 is 0 Å². The lowest BCUT2D eigenvalue weighted by Gasteiger charge is -2.41. The van der Waals surface area contributed by atoms with Crippen LogP contribution < -0.4 is 0 Å². The van der Waals surface area contributed by atoms with E-state index in [1.54, 1.807) is 28.8 Å². The molecule has 4 rings (SSSR count). The molecule has 2 fully saturated rings. The van der Waals surface area contributed by atoms with Crippen LogP contribution in [0.5, 0.6) is 0 Å². The fourth-order valence-corrected chi connectivity index (χ4v) is 6.04. The predicted octanol–water partition coefficient (Wildman–Crippen LogP) is 2.70. The van der Waals surface area contributed by atoms with Gasteiger partial charge in [0.25, 0.3) is 0 Å². The molecule has 1 aliphatic heterocycles. The minimum Gasteiger partial charge on any atom is -0.385 e.